The van der Waals surface area contributed by atoms with Crippen LogP contribution in [0.2, 0.25) is 0 Å². The lowest BCUT2D eigenvalue weighted by molar-refractivity contribution is -0.0758. The molecule has 0 spiro atoms. The van der Waals surface area contributed by atoms with E-state index in [1.807, 2.05) is 31.2 Å². The van der Waals surface area contributed by atoms with Crippen LogP contribution < -0.4 is 4.74 Å². The topological polar surface area (TPSA) is 18.5 Å². The lowest BCUT2D eigenvalue weighted by atomic mass is 10.1. The van der Waals surface area contributed by atoms with Gasteiger partial charge in [-0.2, -0.15) is 0 Å². The van der Waals surface area contributed by atoms with E-state index in [9.17, 15) is 0 Å². The molecule has 1 atom stereocenters. The Morgan fingerprint density at radius 3 is 2.53 bits per heavy atom. The first-order chi connectivity index (χ1) is 8.35. The number of hydrogen-bond acceptors (Lipinski definition) is 2. The molecule has 0 fully saturated rings. The smallest absolute Gasteiger partial charge is 0.199 e. The maximum Gasteiger partial charge on any atom is 0.199 e. The number of ether oxygens (including phenoxy) is 2. The van der Waals surface area contributed by atoms with Crippen LogP contribution in [-0.4, -0.2) is 12.9 Å². The summed E-state index contributed by atoms with van der Waals surface area (Å²) in [5.41, 5.74) is 0. The number of rotatable bonds is 5. The van der Waals surface area contributed by atoms with Crippen LogP contribution in [0.25, 0.3) is 10.8 Å². The molecule has 0 amide bonds. The molecule has 0 saturated carbocycles. The van der Waals surface area contributed by atoms with E-state index < -0.39 is 0 Å². The Hall–Kier alpha value is -1.54. The Labute approximate surface area is 102 Å². The molecule has 0 bridgehead atoms. The van der Waals surface area contributed by atoms with Crippen molar-refractivity contribution in [3.8, 4) is 5.75 Å². The standard InChI is InChI=1S/C15H18O2/c1-3-15(16-4-2)17-14-11-7-9-12-8-5-6-10-13(12)14/h5-11,15H,3-4H2,1-2H3. The van der Waals surface area contributed by atoms with Gasteiger partial charge in [0.1, 0.15) is 5.75 Å². The van der Waals surface area contributed by atoms with Crippen molar-refractivity contribution < 1.29 is 9.47 Å². The monoisotopic (exact) mass is 230 g/mol. The summed E-state index contributed by atoms with van der Waals surface area (Å²) in [5, 5.41) is 2.32. The van der Waals surface area contributed by atoms with Crippen molar-refractivity contribution in [3.05, 3.63) is 42.5 Å². The van der Waals surface area contributed by atoms with Gasteiger partial charge in [0.05, 0.1) is 0 Å². The Morgan fingerprint density at radius 2 is 1.76 bits per heavy atom. The average molecular weight is 230 g/mol. The van der Waals surface area contributed by atoms with Crippen LogP contribution in [0.3, 0.4) is 0 Å². The highest BCUT2D eigenvalue weighted by atomic mass is 16.7. The molecular weight excluding hydrogens is 212 g/mol. The molecule has 2 nitrogen and oxygen atoms in total. The van der Waals surface area contributed by atoms with Gasteiger partial charge in [-0.15, -0.1) is 0 Å². The van der Waals surface area contributed by atoms with Gasteiger partial charge in [-0.25, -0.2) is 0 Å². The summed E-state index contributed by atoms with van der Waals surface area (Å²) in [4.78, 5) is 0. The van der Waals surface area contributed by atoms with E-state index in [1.165, 1.54) is 5.39 Å². The second-order valence-corrected chi connectivity index (χ2v) is 3.89. The number of benzene rings is 2. The molecule has 17 heavy (non-hydrogen) atoms. The summed E-state index contributed by atoms with van der Waals surface area (Å²) in [7, 11) is 0. The predicted octanol–water partition coefficient (Wildman–Crippen LogP) is 3.99. The summed E-state index contributed by atoms with van der Waals surface area (Å²) < 4.78 is 11.4. The van der Waals surface area contributed by atoms with Crippen molar-refractivity contribution in [2.24, 2.45) is 0 Å². The zero-order valence-corrected chi connectivity index (χ0v) is 10.3. The van der Waals surface area contributed by atoms with Crippen LogP contribution in [0, 0.1) is 0 Å². The van der Waals surface area contributed by atoms with Crippen molar-refractivity contribution in [2.75, 3.05) is 6.61 Å². The molecule has 0 radical (unpaired) electrons. The molecule has 0 heterocycles. The molecule has 0 aliphatic carbocycles. The molecule has 0 saturated heterocycles. The zero-order chi connectivity index (χ0) is 12.1. The van der Waals surface area contributed by atoms with E-state index in [4.69, 9.17) is 9.47 Å². The number of fused-ring (bicyclic) bond motifs is 1. The van der Waals surface area contributed by atoms with Gasteiger partial charge >= 0.3 is 0 Å². The average Bonchev–Trinajstić information content (AvgIpc) is 2.38. The molecule has 2 aromatic carbocycles. The number of hydrogen-bond donors (Lipinski definition) is 0. The van der Waals surface area contributed by atoms with Crippen molar-refractivity contribution in [3.63, 3.8) is 0 Å². The third-order valence-corrected chi connectivity index (χ3v) is 2.69. The Bertz CT molecular complexity index is 474. The second kappa shape index (κ2) is 5.69. The van der Waals surface area contributed by atoms with Gasteiger partial charge in [0.15, 0.2) is 6.29 Å². The maximum absolute atomic E-state index is 5.90. The molecule has 0 N–H and O–H groups in total. The third-order valence-electron chi connectivity index (χ3n) is 2.69. The van der Waals surface area contributed by atoms with Gasteiger partial charge in [-0.3, -0.25) is 0 Å². The van der Waals surface area contributed by atoms with Crippen molar-refractivity contribution in [2.45, 2.75) is 26.6 Å². The highest BCUT2D eigenvalue weighted by Crippen LogP contribution is 2.26. The quantitative estimate of drug-likeness (QED) is 0.723. The van der Waals surface area contributed by atoms with E-state index in [2.05, 4.69) is 25.1 Å². The van der Waals surface area contributed by atoms with Crippen molar-refractivity contribution in [1.82, 2.24) is 0 Å². The minimum absolute atomic E-state index is 0.161. The summed E-state index contributed by atoms with van der Waals surface area (Å²) >= 11 is 0. The van der Waals surface area contributed by atoms with E-state index in [-0.39, 0.29) is 6.29 Å². The lowest BCUT2D eigenvalue weighted by Gasteiger charge is -2.18. The van der Waals surface area contributed by atoms with Gasteiger partial charge in [-0.1, -0.05) is 43.3 Å². The van der Waals surface area contributed by atoms with Crippen LogP contribution in [-0.2, 0) is 4.74 Å². The fraction of sp³-hybridized carbons (Fsp3) is 0.333. The molecule has 0 aromatic heterocycles. The van der Waals surface area contributed by atoms with Gasteiger partial charge in [0.25, 0.3) is 0 Å². The fourth-order valence-electron chi connectivity index (χ4n) is 1.86. The molecule has 2 aromatic rings. The van der Waals surface area contributed by atoms with E-state index in [0.29, 0.717) is 6.61 Å². The summed E-state index contributed by atoms with van der Waals surface area (Å²) in [5.74, 6) is 0.892. The first-order valence-corrected chi connectivity index (χ1v) is 6.11. The Morgan fingerprint density at radius 1 is 1.00 bits per heavy atom. The SMILES string of the molecule is CCOC(CC)Oc1cccc2ccccc12. The minimum Gasteiger partial charge on any atom is -0.464 e. The highest BCUT2D eigenvalue weighted by Gasteiger charge is 2.09. The molecular formula is C15H18O2. The van der Waals surface area contributed by atoms with Crippen LogP contribution >= 0.6 is 0 Å². The first kappa shape index (κ1) is 11.9. The van der Waals surface area contributed by atoms with Crippen molar-refractivity contribution >= 4 is 10.8 Å². The summed E-state index contributed by atoms with van der Waals surface area (Å²) in [6, 6.07) is 14.3. The molecule has 1 unspecified atom stereocenters. The summed E-state index contributed by atoms with van der Waals surface area (Å²) in [6.45, 7) is 4.71. The van der Waals surface area contributed by atoms with E-state index >= 15 is 0 Å². The van der Waals surface area contributed by atoms with Gasteiger partial charge in [-0.05, 0) is 18.4 Å². The van der Waals surface area contributed by atoms with Crippen LogP contribution in [0.4, 0.5) is 0 Å². The summed E-state index contributed by atoms with van der Waals surface area (Å²) in [6.07, 6.45) is 0.683. The molecule has 0 aliphatic heterocycles. The molecule has 90 valence electrons. The lowest BCUT2D eigenvalue weighted by Crippen LogP contribution is -2.19. The maximum atomic E-state index is 5.90. The highest BCUT2D eigenvalue weighted by molar-refractivity contribution is 5.88. The van der Waals surface area contributed by atoms with Crippen LogP contribution in [0.5, 0.6) is 5.75 Å². The van der Waals surface area contributed by atoms with Gasteiger partial charge < -0.3 is 9.47 Å². The molecule has 2 rings (SSSR count). The minimum atomic E-state index is -0.161. The predicted molar refractivity (Wildman–Crippen MR) is 70.3 cm³/mol. The van der Waals surface area contributed by atoms with Crippen LogP contribution in [0.1, 0.15) is 20.3 Å². The fourth-order valence-corrected chi connectivity index (χ4v) is 1.86. The Kier molecular flexibility index (Phi) is 3.99. The van der Waals surface area contributed by atoms with Gasteiger partial charge in [0.2, 0.25) is 0 Å². The first-order valence-electron chi connectivity index (χ1n) is 6.11. The van der Waals surface area contributed by atoms with Crippen molar-refractivity contribution in [1.29, 1.82) is 0 Å². The Balaban J connectivity index is 2.28. The molecule has 2 heteroatoms. The van der Waals surface area contributed by atoms with Crippen LogP contribution in [0.15, 0.2) is 42.5 Å². The third kappa shape index (κ3) is 2.77. The second-order valence-electron chi connectivity index (χ2n) is 3.89. The van der Waals surface area contributed by atoms with Gasteiger partial charge in [0, 0.05) is 18.4 Å². The zero-order valence-electron chi connectivity index (χ0n) is 10.3. The molecule has 0 aliphatic rings. The van der Waals surface area contributed by atoms with E-state index in [1.54, 1.807) is 0 Å². The largest absolute Gasteiger partial charge is 0.464 e. The van der Waals surface area contributed by atoms with E-state index in [0.717, 1.165) is 17.6 Å². The normalized spacial score (nSPS) is 12.6.